The van der Waals surface area contributed by atoms with E-state index in [-0.39, 0.29) is 76.2 Å². The van der Waals surface area contributed by atoms with Gasteiger partial charge in [-0.15, -0.1) is 0 Å². The van der Waals surface area contributed by atoms with Crippen molar-refractivity contribution in [3.8, 4) is 5.88 Å². The summed E-state index contributed by atoms with van der Waals surface area (Å²) in [5.74, 6) is -4.09. The summed E-state index contributed by atoms with van der Waals surface area (Å²) >= 11 is 12.6. The molecule has 0 saturated heterocycles. The number of nitrogens with one attached hydrogen (secondary N) is 4. The third-order valence-electron chi connectivity index (χ3n) is 6.81. The Bertz CT molecular complexity index is 1540. The van der Waals surface area contributed by atoms with Gasteiger partial charge < -0.3 is 25.7 Å². The molecule has 1 aliphatic carbocycles. The van der Waals surface area contributed by atoms with Gasteiger partial charge in [0.15, 0.2) is 12.3 Å². The van der Waals surface area contributed by atoms with Gasteiger partial charge in [-0.2, -0.15) is 36.3 Å². The number of nitrogens with zero attached hydrogens (tertiary/aromatic N) is 2. The summed E-state index contributed by atoms with van der Waals surface area (Å²) in [4.78, 5) is 35.7. The number of carbonyl (C=O) groups is 2. The Morgan fingerprint density at radius 3 is 2.36 bits per heavy atom. The molecule has 0 atom stereocenters. The van der Waals surface area contributed by atoms with Gasteiger partial charge in [-0.25, -0.2) is 8.78 Å². The quantitative estimate of drug-likeness (QED) is 0.169. The Morgan fingerprint density at radius 1 is 1.04 bits per heavy atom. The highest BCUT2D eigenvalue weighted by Gasteiger charge is 2.41. The maximum atomic E-state index is 13.1. The van der Waals surface area contributed by atoms with Gasteiger partial charge in [-0.3, -0.25) is 9.59 Å². The Kier molecular flexibility index (Phi) is 10.5. The number of halogens is 10. The molecular formula is C26H24Cl2F8N6O3. The number of aromatic nitrogens is 3. The average molecular weight is 691 g/mol. The first-order valence-electron chi connectivity index (χ1n) is 13.3. The van der Waals surface area contributed by atoms with E-state index >= 15 is 0 Å². The summed E-state index contributed by atoms with van der Waals surface area (Å²) < 4.78 is 107. The molecule has 0 unspecified atom stereocenters. The fraction of sp³-hybridized carbons (Fsp3) is 0.462. The largest absolute Gasteiger partial charge is 0.471 e. The van der Waals surface area contributed by atoms with Gasteiger partial charge in [0, 0.05) is 12.6 Å². The third-order valence-corrected chi connectivity index (χ3v) is 7.55. The number of rotatable bonds is 10. The van der Waals surface area contributed by atoms with E-state index in [0.717, 1.165) is 0 Å². The van der Waals surface area contributed by atoms with Crippen molar-refractivity contribution in [3.63, 3.8) is 0 Å². The van der Waals surface area contributed by atoms with Crippen LogP contribution in [0.1, 0.15) is 48.0 Å². The Hall–Kier alpha value is -3.60. The van der Waals surface area contributed by atoms with E-state index < -0.39 is 61.5 Å². The average Bonchev–Trinajstić information content (AvgIpc) is 3.33. The molecule has 4 N–H and O–H groups in total. The lowest BCUT2D eigenvalue weighted by atomic mass is 9.85. The molecular weight excluding hydrogens is 667 g/mol. The van der Waals surface area contributed by atoms with Crippen LogP contribution in [-0.4, -0.2) is 58.2 Å². The zero-order valence-electron chi connectivity index (χ0n) is 22.8. The molecule has 45 heavy (non-hydrogen) atoms. The van der Waals surface area contributed by atoms with E-state index in [9.17, 15) is 44.7 Å². The van der Waals surface area contributed by atoms with Crippen molar-refractivity contribution < 1.29 is 49.4 Å². The van der Waals surface area contributed by atoms with Crippen molar-refractivity contribution in [2.75, 3.05) is 11.9 Å². The number of anilines is 2. The van der Waals surface area contributed by atoms with Gasteiger partial charge in [0.05, 0.1) is 27.2 Å². The first kappa shape index (κ1) is 34.3. The number of hydrogen-bond donors (Lipinski definition) is 4. The lowest BCUT2D eigenvalue weighted by molar-refractivity contribution is -0.182. The molecule has 9 nitrogen and oxygen atoms in total. The number of pyridine rings is 1. The predicted molar refractivity (Wildman–Crippen MR) is 147 cm³/mol. The van der Waals surface area contributed by atoms with Crippen LogP contribution in [0, 0.1) is 5.92 Å². The topological polar surface area (TPSA) is 121 Å². The minimum absolute atomic E-state index is 0.0431. The van der Waals surface area contributed by atoms with Gasteiger partial charge in [0.25, 0.3) is 12.3 Å². The second-order valence-electron chi connectivity index (χ2n) is 10.2. The van der Waals surface area contributed by atoms with Crippen LogP contribution in [0.2, 0.25) is 10.0 Å². The highest BCUT2D eigenvalue weighted by molar-refractivity contribution is 6.39. The van der Waals surface area contributed by atoms with Crippen molar-refractivity contribution in [2.45, 2.75) is 63.5 Å². The van der Waals surface area contributed by atoms with Crippen LogP contribution < -0.4 is 20.7 Å². The van der Waals surface area contributed by atoms with Crippen LogP contribution in [0.5, 0.6) is 5.88 Å². The first-order chi connectivity index (χ1) is 21.0. The van der Waals surface area contributed by atoms with Crippen molar-refractivity contribution in [3.05, 3.63) is 39.4 Å². The SMILES string of the molecule is O=C(CC(F)(F)F)NCc1ccc(Cl)c(Nc2nc3nc(OCC(F)F)c(C(=O)NC4CCC(C(F)(F)F)CC4)cc3[nH]2)c1Cl. The number of H-pyrrole nitrogens is 1. The molecule has 2 amide bonds. The molecule has 3 aromatic rings. The molecule has 1 aromatic carbocycles. The second-order valence-corrected chi connectivity index (χ2v) is 10.9. The fourth-order valence-electron chi connectivity index (χ4n) is 4.63. The van der Waals surface area contributed by atoms with Gasteiger partial charge in [-0.05, 0) is 43.4 Å². The van der Waals surface area contributed by atoms with Crippen molar-refractivity contribution in [1.29, 1.82) is 0 Å². The molecule has 0 radical (unpaired) electrons. The minimum Gasteiger partial charge on any atom is -0.471 e. The molecule has 0 bridgehead atoms. The van der Waals surface area contributed by atoms with Crippen LogP contribution in [0.25, 0.3) is 11.2 Å². The predicted octanol–water partition coefficient (Wildman–Crippen LogP) is 7.07. The molecule has 2 aromatic heterocycles. The molecule has 0 aliphatic heterocycles. The molecule has 1 aliphatic rings. The molecule has 4 rings (SSSR count). The zero-order valence-corrected chi connectivity index (χ0v) is 24.3. The number of benzene rings is 1. The Balaban J connectivity index is 1.54. The molecule has 2 heterocycles. The fourth-order valence-corrected chi connectivity index (χ4v) is 5.16. The van der Waals surface area contributed by atoms with Crippen LogP contribution in [0.4, 0.5) is 46.8 Å². The zero-order chi connectivity index (χ0) is 33.1. The third kappa shape index (κ3) is 9.22. The van der Waals surface area contributed by atoms with E-state index in [1.165, 1.54) is 18.2 Å². The minimum atomic E-state index is -4.70. The van der Waals surface area contributed by atoms with Crippen LogP contribution in [0.15, 0.2) is 18.2 Å². The highest BCUT2D eigenvalue weighted by Crippen LogP contribution is 2.38. The first-order valence-corrected chi connectivity index (χ1v) is 14.0. The monoisotopic (exact) mass is 690 g/mol. The van der Waals surface area contributed by atoms with Crippen LogP contribution in [0.3, 0.4) is 0 Å². The van der Waals surface area contributed by atoms with Gasteiger partial charge >= 0.3 is 12.4 Å². The van der Waals surface area contributed by atoms with E-state index in [1.807, 2.05) is 0 Å². The number of hydrogen-bond acceptors (Lipinski definition) is 6. The number of fused-ring (bicyclic) bond motifs is 1. The lowest BCUT2D eigenvalue weighted by Gasteiger charge is -2.30. The maximum Gasteiger partial charge on any atom is 0.397 e. The van der Waals surface area contributed by atoms with Crippen LogP contribution in [-0.2, 0) is 11.3 Å². The van der Waals surface area contributed by atoms with Crippen molar-refractivity contribution in [2.24, 2.45) is 5.92 Å². The van der Waals surface area contributed by atoms with E-state index in [4.69, 9.17) is 27.9 Å². The highest BCUT2D eigenvalue weighted by atomic mass is 35.5. The number of carbonyl (C=O) groups excluding carboxylic acids is 2. The summed E-state index contributed by atoms with van der Waals surface area (Å²) in [5.41, 5.74) is 0.00667. The lowest BCUT2D eigenvalue weighted by Crippen LogP contribution is -2.40. The maximum absolute atomic E-state index is 13.1. The van der Waals surface area contributed by atoms with Gasteiger partial charge in [0.2, 0.25) is 17.7 Å². The molecule has 246 valence electrons. The summed E-state index contributed by atoms with van der Waals surface area (Å²) in [5, 5.41) is 7.49. The van der Waals surface area contributed by atoms with Gasteiger partial charge in [-0.1, -0.05) is 29.3 Å². The number of amides is 2. The van der Waals surface area contributed by atoms with Crippen molar-refractivity contribution in [1.82, 2.24) is 25.6 Å². The Labute approximate surface area is 259 Å². The summed E-state index contributed by atoms with van der Waals surface area (Å²) in [7, 11) is 0. The molecule has 1 saturated carbocycles. The summed E-state index contributed by atoms with van der Waals surface area (Å²) in [6, 6.07) is 3.37. The normalized spacial score (nSPS) is 17.4. The number of ether oxygens (including phenoxy) is 1. The Morgan fingerprint density at radius 2 is 1.73 bits per heavy atom. The number of imidazole rings is 1. The van der Waals surface area contributed by atoms with E-state index in [0.29, 0.717) is 0 Å². The van der Waals surface area contributed by atoms with Crippen LogP contribution >= 0.6 is 23.2 Å². The second kappa shape index (κ2) is 13.8. The standard InChI is InChI=1S/C26H24Cl2F8N6O3/c27-15-6-1-11(9-37-18(43)8-25(31,32)33)19(28)20(15)40-24-39-16-7-14(23(41-21(16)42-24)45-10-17(29)30)22(44)38-13-4-2-12(3-5-13)26(34,35)36/h1,6-7,12-13,17H,2-5,8-10H2,(H,37,43)(H,38,44)(H2,39,40,41,42). The molecule has 1 fully saturated rings. The molecule has 19 heteroatoms. The van der Waals surface area contributed by atoms with Gasteiger partial charge in [0.1, 0.15) is 12.0 Å². The number of alkyl halides is 8. The molecule has 0 spiro atoms. The number of aromatic amines is 1. The summed E-state index contributed by atoms with van der Waals surface area (Å²) in [6.45, 7) is -1.47. The summed E-state index contributed by atoms with van der Waals surface area (Å²) in [6.07, 6.45) is -13.9. The smallest absolute Gasteiger partial charge is 0.397 e. The van der Waals surface area contributed by atoms with E-state index in [2.05, 4.69) is 30.9 Å². The van der Waals surface area contributed by atoms with Crippen molar-refractivity contribution >= 4 is 57.8 Å². The van der Waals surface area contributed by atoms with E-state index in [1.54, 1.807) is 0 Å².